The molecule has 1 saturated carbocycles. The Bertz CT molecular complexity index is 531. The molecule has 0 radical (unpaired) electrons. The third-order valence-electron chi connectivity index (χ3n) is 5.67. The van der Waals surface area contributed by atoms with E-state index in [9.17, 15) is 5.11 Å². The van der Waals surface area contributed by atoms with E-state index in [0.29, 0.717) is 33.0 Å². The van der Waals surface area contributed by atoms with Gasteiger partial charge in [-0.05, 0) is 74.7 Å². The van der Waals surface area contributed by atoms with Crippen molar-refractivity contribution < 1.29 is 28.8 Å². The van der Waals surface area contributed by atoms with Crippen LogP contribution in [-0.2, 0) is 23.7 Å². The van der Waals surface area contributed by atoms with E-state index in [0.717, 1.165) is 38.9 Å². The Morgan fingerprint density at radius 2 is 1.26 bits per heavy atom. The number of hydrogen-bond acceptors (Lipinski definition) is 6. The minimum absolute atomic E-state index is 0.00402. The minimum atomic E-state index is -1.96. The molecule has 1 aliphatic heterocycles. The first-order chi connectivity index (χ1) is 14.2. The van der Waals surface area contributed by atoms with E-state index in [2.05, 4.69) is 44.5 Å². The lowest BCUT2D eigenvalue weighted by atomic mass is 9.93. The molecule has 188 valence electrons. The third kappa shape index (κ3) is 11.4. The molecule has 0 bridgehead atoms. The summed E-state index contributed by atoms with van der Waals surface area (Å²) in [6, 6.07) is 0. The van der Waals surface area contributed by atoms with Gasteiger partial charge in [0.1, 0.15) is 0 Å². The molecular weight excluding hydrogens is 436 g/mol. The fraction of sp³-hybridized carbons (Fsp3) is 1.00. The van der Waals surface area contributed by atoms with Crippen LogP contribution in [-0.4, -0.2) is 107 Å². The Kier molecular flexibility index (Phi) is 10.1. The summed E-state index contributed by atoms with van der Waals surface area (Å²) in [6.45, 7) is 5.88. The topological polar surface area (TPSA) is 66.4 Å². The van der Waals surface area contributed by atoms with E-state index in [1.54, 1.807) is 0 Å². The van der Waals surface area contributed by atoms with Crippen molar-refractivity contribution in [2.45, 2.75) is 38.8 Å². The molecule has 2 rings (SSSR count). The maximum absolute atomic E-state index is 10.6. The van der Waals surface area contributed by atoms with E-state index in [-0.39, 0.29) is 10.8 Å². The highest BCUT2D eigenvalue weighted by molar-refractivity contribution is 8.32. The smallest absolute Gasteiger partial charge is 0.381 e. The Morgan fingerprint density at radius 3 is 1.71 bits per heavy atom. The predicted molar refractivity (Wildman–Crippen MR) is 134 cm³/mol. The van der Waals surface area contributed by atoms with Gasteiger partial charge in [0.2, 0.25) is 0 Å². The Balaban J connectivity index is 1.61. The van der Waals surface area contributed by atoms with Crippen LogP contribution in [0.1, 0.15) is 32.6 Å². The predicted octanol–water partition coefficient (Wildman–Crippen LogP) is 3.64. The zero-order chi connectivity index (χ0) is 23.2. The van der Waals surface area contributed by atoms with Crippen LogP contribution in [0, 0.1) is 10.8 Å². The fourth-order valence-corrected chi connectivity index (χ4v) is 5.30. The monoisotopic (exact) mass is 484 g/mol. The van der Waals surface area contributed by atoms with Gasteiger partial charge in [-0.15, -0.1) is 0 Å². The van der Waals surface area contributed by atoms with Crippen LogP contribution in [0.3, 0.4) is 0 Å². The summed E-state index contributed by atoms with van der Waals surface area (Å²) in [6.07, 6.45) is 16.3. The molecule has 0 spiro atoms. The average Bonchev–Trinajstić information content (AvgIpc) is 3.41. The molecule has 1 N–H and O–H groups in total. The summed E-state index contributed by atoms with van der Waals surface area (Å²) in [5.41, 5.74) is -0.282. The molecule has 2 aliphatic rings. The molecule has 8 heteroatoms. The molecule has 0 aromatic carbocycles. The van der Waals surface area contributed by atoms with Crippen LogP contribution in [0.5, 0.6) is 0 Å². The Morgan fingerprint density at radius 1 is 0.774 bits per heavy atom. The molecule has 1 saturated heterocycles. The lowest BCUT2D eigenvalue weighted by molar-refractivity contribution is -0.515. The molecule has 0 aromatic heterocycles. The average molecular weight is 485 g/mol. The van der Waals surface area contributed by atoms with Crippen molar-refractivity contribution in [3.8, 4) is 0 Å². The summed E-state index contributed by atoms with van der Waals surface area (Å²) in [5.74, 6) is 2.45. The summed E-state index contributed by atoms with van der Waals surface area (Å²) in [4.78, 5) is 0. The summed E-state index contributed by atoms with van der Waals surface area (Å²) in [7, 11) is -0.936. The number of rotatable bonds is 15. The van der Waals surface area contributed by atoms with Crippen molar-refractivity contribution in [2.24, 2.45) is 10.8 Å². The second kappa shape index (κ2) is 11.3. The standard InChI is InChI=1S/C23H48O6S2/c1-21(16-25-12-8-14-30(2,3)4)17-27-23(24,28-18-21)29-20-22(10-11-22)19-26-13-9-15-31(5,6)7/h24H,8-20H2,1-7H3. The van der Waals surface area contributed by atoms with E-state index < -0.39 is 26.2 Å². The molecule has 0 atom stereocenters. The van der Waals surface area contributed by atoms with E-state index in [1.165, 1.54) is 11.5 Å². The van der Waals surface area contributed by atoms with Gasteiger partial charge in [-0.1, -0.05) is 6.92 Å². The van der Waals surface area contributed by atoms with Gasteiger partial charge in [0, 0.05) is 24.0 Å². The Hall–Kier alpha value is 0.460. The SMILES string of the molecule is CC1(COCCCS(C)(C)C)COC(O)(OCC2(COCCCS(C)(C)C)CC2)OC1. The largest absolute Gasteiger partial charge is 0.410 e. The van der Waals surface area contributed by atoms with Gasteiger partial charge in [-0.3, -0.25) is 0 Å². The van der Waals surface area contributed by atoms with Crippen LogP contribution in [0.25, 0.3) is 0 Å². The molecule has 0 aromatic rings. The van der Waals surface area contributed by atoms with Crippen molar-refractivity contribution in [3.05, 3.63) is 0 Å². The van der Waals surface area contributed by atoms with Gasteiger partial charge in [0.15, 0.2) is 0 Å². The second-order valence-corrected chi connectivity index (χ2v) is 20.8. The van der Waals surface area contributed by atoms with Gasteiger partial charge < -0.3 is 28.8 Å². The first kappa shape index (κ1) is 27.7. The van der Waals surface area contributed by atoms with Gasteiger partial charge in [0.05, 0.1) is 33.0 Å². The third-order valence-corrected chi connectivity index (χ3v) is 8.70. The van der Waals surface area contributed by atoms with Gasteiger partial charge >= 0.3 is 6.16 Å². The van der Waals surface area contributed by atoms with Crippen LogP contribution in [0.4, 0.5) is 0 Å². The summed E-state index contributed by atoms with van der Waals surface area (Å²) >= 11 is 0. The minimum Gasteiger partial charge on any atom is -0.381 e. The summed E-state index contributed by atoms with van der Waals surface area (Å²) in [5, 5.41) is 10.6. The molecule has 0 unspecified atom stereocenters. The van der Waals surface area contributed by atoms with E-state index >= 15 is 0 Å². The highest BCUT2D eigenvalue weighted by Crippen LogP contribution is 2.47. The molecule has 31 heavy (non-hydrogen) atoms. The first-order valence-electron chi connectivity index (χ1n) is 11.4. The van der Waals surface area contributed by atoms with Gasteiger partial charge in [-0.25, -0.2) is 20.1 Å². The zero-order valence-corrected chi connectivity index (χ0v) is 22.6. The molecule has 1 heterocycles. The Labute approximate surface area is 193 Å². The molecule has 2 fully saturated rings. The second-order valence-electron chi connectivity index (χ2n) is 11.6. The maximum atomic E-state index is 10.6. The fourth-order valence-electron chi connectivity index (χ4n) is 3.33. The van der Waals surface area contributed by atoms with E-state index in [1.807, 2.05) is 0 Å². The van der Waals surface area contributed by atoms with Crippen LogP contribution < -0.4 is 0 Å². The van der Waals surface area contributed by atoms with Crippen molar-refractivity contribution in [1.29, 1.82) is 0 Å². The number of ether oxygens (including phenoxy) is 5. The van der Waals surface area contributed by atoms with E-state index in [4.69, 9.17) is 23.7 Å². The van der Waals surface area contributed by atoms with Gasteiger partial charge in [0.25, 0.3) is 0 Å². The molecule has 6 nitrogen and oxygen atoms in total. The lowest BCUT2D eigenvalue weighted by Crippen LogP contribution is -2.52. The number of aliphatic hydroxyl groups is 1. The molecular formula is C23H48O6S2. The molecule has 0 amide bonds. The highest BCUT2D eigenvalue weighted by atomic mass is 32.3. The normalized spacial score (nSPS) is 29.7. The van der Waals surface area contributed by atoms with Crippen LogP contribution in [0.15, 0.2) is 0 Å². The van der Waals surface area contributed by atoms with Crippen molar-refractivity contribution in [2.75, 3.05) is 95.3 Å². The lowest BCUT2D eigenvalue weighted by Gasteiger charge is -2.40. The van der Waals surface area contributed by atoms with Gasteiger partial charge in [-0.2, -0.15) is 0 Å². The first-order valence-corrected chi connectivity index (χ1v) is 17.4. The molecule has 1 aliphatic carbocycles. The number of hydrogen-bond donors (Lipinski definition) is 1. The summed E-state index contributed by atoms with van der Waals surface area (Å²) < 4.78 is 28.6. The van der Waals surface area contributed by atoms with Crippen LogP contribution in [0.2, 0.25) is 0 Å². The van der Waals surface area contributed by atoms with Crippen LogP contribution >= 0.6 is 20.1 Å². The maximum Gasteiger partial charge on any atom is 0.410 e. The van der Waals surface area contributed by atoms with Crippen molar-refractivity contribution in [3.63, 3.8) is 0 Å². The zero-order valence-electron chi connectivity index (χ0n) is 21.0. The quantitative estimate of drug-likeness (QED) is 0.283. The highest BCUT2D eigenvalue weighted by Gasteiger charge is 2.49. The van der Waals surface area contributed by atoms with Crippen molar-refractivity contribution in [1.82, 2.24) is 0 Å². The van der Waals surface area contributed by atoms with Crippen molar-refractivity contribution >= 4 is 20.1 Å².